The first-order chi connectivity index (χ1) is 7.20. The molecule has 1 aliphatic rings. The number of rotatable bonds is 5. The van der Waals surface area contributed by atoms with E-state index in [-0.39, 0.29) is 6.04 Å². The molecule has 1 rings (SSSR count). The standard InChI is InChI=1S/C13H25NO/c1-4-13(15)11(3)14(5-2)12-9-7-6-8-10-12/h11-12H,4-10H2,1-3H3. The predicted octanol–water partition coefficient (Wildman–Crippen LogP) is 3.01. The Morgan fingerprint density at radius 1 is 1.27 bits per heavy atom. The van der Waals surface area contributed by atoms with E-state index in [1.807, 2.05) is 6.92 Å². The molecule has 1 atom stereocenters. The van der Waals surface area contributed by atoms with Crippen molar-refractivity contribution in [2.24, 2.45) is 0 Å². The Morgan fingerprint density at radius 2 is 1.87 bits per heavy atom. The molecule has 0 radical (unpaired) electrons. The van der Waals surface area contributed by atoms with Crippen molar-refractivity contribution in [3.8, 4) is 0 Å². The lowest BCUT2D eigenvalue weighted by Gasteiger charge is -2.37. The van der Waals surface area contributed by atoms with Gasteiger partial charge in [0, 0.05) is 12.5 Å². The molecular weight excluding hydrogens is 186 g/mol. The van der Waals surface area contributed by atoms with Crippen LogP contribution in [0.3, 0.4) is 0 Å². The fraction of sp³-hybridized carbons (Fsp3) is 0.923. The van der Waals surface area contributed by atoms with Crippen molar-refractivity contribution >= 4 is 5.78 Å². The van der Waals surface area contributed by atoms with Crippen molar-refractivity contribution in [1.29, 1.82) is 0 Å². The zero-order chi connectivity index (χ0) is 11.3. The SMILES string of the molecule is CCC(=O)C(C)N(CC)C1CCCCC1. The lowest BCUT2D eigenvalue weighted by atomic mass is 9.92. The summed E-state index contributed by atoms with van der Waals surface area (Å²) in [5.74, 6) is 0.391. The van der Waals surface area contributed by atoms with Crippen molar-refractivity contribution < 1.29 is 4.79 Å². The minimum absolute atomic E-state index is 0.128. The van der Waals surface area contributed by atoms with Crippen LogP contribution in [0.5, 0.6) is 0 Å². The summed E-state index contributed by atoms with van der Waals surface area (Å²) in [4.78, 5) is 14.1. The van der Waals surface area contributed by atoms with Crippen LogP contribution in [0.25, 0.3) is 0 Å². The fourth-order valence-corrected chi connectivity index (χ4v) is 2.74. The fourth-order valence-electron chi connectivity index (χ4n) is 2.74. The van der Waals surface area contributed by atoms with Gasteiger partial charge in [0.25, 0.3) is 0 Å². The van der Waals surface area contributed by atoms with Gasteiger partial charge in [-0.2, -0.15) is 0 Å². The number of nitrogens with zero attached hydrogens (tertiary/aromatic N) is 1. The number of hydrogen-bond acceptors (Lipinski definition) is 2. The number of ketones is 1. The van der Waals surface area contributed by atoms with Crippen LogP contribution >= 0.6 is 0 Å². The highest BCUT2D eigenvalue weighted by Gasteiger charge is 2.26. The van der Waals surface area contributed by atoms with Gasteiger partial charge < -0.3 is 0 Å². The third-order valence-electron chi connectivity index (χ3n) is 3.72. The van der Waals surface area contributed by atoms with Crippen molar-refractivity contribution in [3.63, 3.8) is 0 Å². The molecule has 0 aromatic carbocycles. The van der Waals surface area contributed by atoms with Crippen LogP contribution in [0, 0.1) is 0 Å². The van der Waals surface area contributed by atoms with Gasteiger partial charge in [-0.1, -0.05) is 33.1 Å². The highest BCUT2D eigenvalue weighted by atomic mass is 16.1. The van der Waals surface area contributed by atoms with Crippen LogP contribution in [0.1, 0.15) is 59.3 Å². The Bertz CT molecular complexity index is 197. The largest absolute Gasteiger partial charge is 0.298 e. The number of carbonyl (C=O) groups excluding carboxylic acids is 1. The summed E-state index contributed by atoms with van der Waals surface area (Å²) in [5, 5.41) is 0. The third-order valence-corrected chi connectivity index (χ3v) is 3.72. The van der Waals surface area contributed by atoms with Gasteiger partial charge >= 0.3 is 0 Å². The van der Waals surface area contributed by atoms with Gasteiger partial charge in [-0.05, 0) is 26.3 Å². The second-order valence-electron chi connectivity index (χ2n) is 4.62. The highest BCUT2D eigenvalue weighted by molar-refractivity contribution is 5.83. The van der Waals surface area contributed by atoms with Crippen LogP contribution in [0.4, 0.5) is 0 Å². The summed E-state index contributed by atoms with van der Waals surface area (Å²) in [6.45, 7) is 7.23. The summed E-state index contributed by atoms with van der Waals surface area (Å²) in [6.07, 6.45) is 7.31. The second-order valence-corrected chi connectivity index (χ2v) is 4.62. The van der Waals surface area contributed by atoms with Crippen molar-refractivity contribution in [2.45, 2.75) is 71.4 Å². The Morgan fingerprint density at radius 3 is 2.33 bits per heavy atom. The Kier molecular flexibility index (Phi) is 5.30. The first-order valence-electron chi connectivity index (χ1n) is 6.49. The first-order valence-corrected chi connectivity index (χ1v) is 6.49. The summed E-state index contributed by atoms with van der Waals surface area (Å²) in [6, 6.07) is 0.789. The van der Waals surface area contributed by atoms with Crippen molar-refractivity contribution in [2.75, 3.05) is 6.54 Å². The second kappa shape index (κ2) is 6.26. The van der Waals surface area contributed by atoms with Gasteiger partial charge in [-0.15, -0.1) is 0 Å². The van der Waals surface area contributed by atoms with Crippen LogP contribution in [-0.2, 0) is 4.79 Å². The maximum absolute atomic E-state index is 11.7. The smallest absolute Gasteiger partial charge is 0.149 e. The molecule has 0 bridgehead atoms. The first kappa shape index (κ1) is 12.7. The molecule has 15 heavy (non-hydrogen) atoms. The van der Waals surface area contributed by atoms with Crippen LogP contribution < -0.4 is 0 Å². The van der Waals surface area contributed by atoms with Crippen LogP contribution in [0.15, 0.2) is 0 Å². The van der Waals surface area contributed by atoms with Crippen LogP contribution in [0.2, 0.25) is 0 Å². The molecular formula is C13H25NO. The molecule has 0 heterocycles. The normalized spacial score (nSPS) is 20.5. The van der Waals surface area contributed by atoms with E-state index in [0.29, 0.717) is 18.2 Å². The summed E-state index contributed by atoms with van der Waals surface area (Å²) in [7, 11) is 0. The van der Waals surface area contributed by atoms with E-state index >= 15 is 0 Å². The van der Waals surface area contributed by atoms with Gasteiger partial charge in [0.2, 0.25) is 0 Å². The molecule has 1 aliphatic carbocycles. The molecule has 0 aromatic rings. The van der Waals surface area contributed by atoms with Gasteiger partial charge in [-0.25, -0.2) is 0 Å². The monoisotopic (exact) mass is 211 g/mol. The molecule has 1 saturated carbocycles. The van der Waals surface area contributed by atoms with E-state index in [9.17, 15) is 4.79 Å². The molecule has 0 amide bonds. The van der Waals surface area contributed by atoms with E-state index in [1.165, 1.54) is 32.1 Å². The van der Waals surface area contributed by atoms with Gasteiger partial charge in [0.15, 0.2) is 0 Å². The van der Waals surface area contributed by atoms with E-state index in [2.05, 4.69) is 18.7 Å². The van der Waals surface area contributed by atoms with Gasteiger partial charge in [0.1, 0.15) is 5.78 Å². The summed E-state index contributed by atoms with van der Waals surface area (Å²) in [5.41, 5.74) is 0. The lowest BCUT2D eigenvalue weighted by molar-refractivity contribution is -0.124. The van der Waals surface area contributed by atoms with Gasteiger partial charge in [0.05, 0.1) is 6.04 Å². The van der Waals surface area contributed by atoms with E-state index in [4.69, 9.17) is 0 Å². The van der Waals surface area contributed by atoms with Crippen LogP contribution in [-0.4, -0.2) is 29.3 Å². The molecule has 0 spiro atoms. The molecule has 88 valence electrons. The third kappa shape index (κ3) is 3.30. The molecule has 0 N–H and O–H groups in total. The number of likely N-dealkylation sites (N-methyl/N-ethyl adjacent to an activating group) is 1. The zero-order valence-electron chi connectivity index (χ0n) is 10.5. The van der Waals surface area contributed by atoms with Crippen molar-refractivity contribution in [1.82, 2.24) is 4.90 Å². The molecule has 2 nitrogen and oxygen atoms in total. The van der Waals surface area contributed by atoms with E-state index in [0.717, 1.165) is 6.54 Å². The average Bonchev–Trinajstić information content (AvgIpc) is 2.30. The Balaban J connectivity index is 2.56. The maximum atomic E-state index is 11.7. The van der Waals surface area contributed by atoms with E-state index < -0.39 is 0 Å². The summed E-state index contributed by atoms with van der Waals surface area (Å²) >= 11 is 0. The average molecular weight is 211 g/mol. The molecule has 0 aliphatic heterocycles. The zero-order valence-corrected chi connectivity index (χ0v) is 10.5. The minimum atomic E-state index is 0.128. The minimum Gasteiger partial charge on any atom is -0.298 e. The van der Waals surface area contributed by atoms with E-state index in [1.54, 1.807) is 0 Å². The molecule has 0 saturated heterocycles. The van der Waals surface area contributed by atoms with Crippen molar-refractivity contribution in [3.05, 3.63) is 0 Å². The Hall–Kier alpha value is -0.370. The highest BCUT2D eigenvalue weighted by Crippen LogP contribution is 2.24. The number of hydrogen-bond donors (Lipinski definition) is 0. The molecule has 2 heteroatoms. The molecule has 1 unspecified atom stereocenters. The topological polar surface area (TPSA) is 20.3 Å². The summed E-state index contributed by atoms with van der Waals surface area (Å²) < 4.78 is 0. The molecule has 1 fully saturated rings. The Labute approximate surface area is 94.0 Å². The quantitative estimate of drug-likeness (QED) is 0.696. The number of Topliss-reactive ketones (excluding diaryl/α,β-unsaturated/α-hetero) is 1. The molecule has 0 aromatic heterocycles. The maximum Gasteiger partial charge on any atom is 0.149 e. The number of carbonyl (C=O) groups is 1. The lowest BCUT2D eigenvalue weighted by Crippen LogP contribution is -2.46. The predicted molar refractivity (Wildman–Crippen MR) is 64.0 cm³/mol. The van der Waals surface area contributed by atoms with Gasteiger partial charge in [-0.3, -0.25) is 9.69 Å².